The third-order valence-corrected chi connectivity index (χ3v) is 3.16. The first-order valence-corrected chi connectivity index (χ1v) is 7.17. The minimum atomic E-state index is -0.506. The van der Waals surface area contributed by atoms with E-state index in [0.29, 0.717) is 6.54 Å². The smallest absolute Gasteiger partial charge is 0.407 e. The maximum atomic E-state index is 11.6. The molecule has 2 atom stereocenters. The van der Waals surface area contributed by atoms with Crippen LogP contribution in [0.25, 0.3) is 0 Å². The molecule has 2 unspecified atom stereocenters. The third kappa shape index (κ3) is 4.49. The summed E-state index contributed by atoms with van der Waals surface area (Å²) in [5.41, 5.74) is 0.225. The number of hydrogen-bond donors (Lipinski definition) is 2. The number of furan rings is 1. The Kier molecular flexibility index (Phi) is 4.75. The fourth-order valence-corrected chi connectivity index (χ4v) is 2.03. The molecule has 0 saturated heterocycles. The van der Waals surface area contributed by atoms with E-state index in [1.807, 2.05) is 20.8 Å². The maximum Gasteiger partial charge on any atom is 0.407 e. The molecule has 2 N–H and O–H groups in total. The van der Waals surface area contributed by atoms with Crippen molar-refractivity contribution in [2.45, 2.75) is 51.4 Å². The highest BCUT2D eigenvalue weighted by molar-refractivity contribution is 5.87. The highest BCUT2D eigenvalue weighted by Crippen LogP contribution is 2.23. The molecule has 0 aromatic carbocycles. The summed E-state index contributed by atoms with van der Waals surface area (Å²) >= 11 is 0. The van der Waals surface area contributed by atoms with Gasteiger partial charge in [0.15, 0.2) is 0 Å². The number of carbonyl (C=O) groups excluding carboxylic acids is 2. The van der Waals surface area contributed by atoms with Crippen LogP contribution in [0.15, 0.2) is 16.7 Å². The van der Waals surface area contributed by atoms with Gasteiger partial charge in [0.2, 0.25) is 5.76 Å². The van der Waals surface area contributed by atoms with Gasteiger partial charge in [0, 0.05) is 24.2 Å². The first kappa shape index (κ1) is 16.4. The van der Waals surface area contributed by atoms with E-state index < -0.39 is 17.7 Å². The fourth-order valence-electron chi connectivity index (χ4n) is 2.03. The van der Waals surface area contributed by atoms with Crippen molar-refractivity contribution in [3.63, 3.8) is 0 Å². The number of carbonyl (C=O) groups is 2. The van der Waals surface area contributed by atoms with Gasteiger partial charge in [0.1, 0.15) is 5.60 Å². The molecule has 1 aliphatic rings. The zero-order valence-electron chi connectivity index (χ0n) is 13.3. The number of esters is 1. The van der Waals surface area contributed by atoms with Crippen LogP contribution in [0.1, 0.15) is 43.3 Å². The molecule has 7 nitrogen and oxygen atoms in total. The lowest BCUT2D eigenvalue weighted by Gasteiger charge is -2.19. The normalized spacial score (nSPS) is 20.4. The molecule has 0 radical (unpaired) electrons. The second-order valence-corrected chi connectivity index (χ2v) is 6.24. The Bertz CT molecular complexity index is 546. The molecule has 7 heteroatoms. The predicted molar refractivity (Wildman–Crippen MR) is 78.4 cm³/mol. The zero-order valence-corrected chi connectivity index (χ0v) is 13.3. The molecule has 1 heterocycles. The Morgan fingerprint density at radius 2 is 2.09 bits per heavy atom. The van der Waals surface area contributed by atoms with E-state index in [4.69, 9.17) is 9.15 Å². The summed E-state index contributed by atoms with van der Waals surface area (Å²) in [6.07, 6.45) is 1.86. The molecule has 1 fully saturated rings. The van der Waals surface area contributed by atoms with Gasteiger partial charge in [-0.15, -0.1) is 0 Å². The van der Waals surface area contributed by atoms with Gasteiger partial charge in [-0.3, -0.25) is 0 Å². The molecule has 0 aliphatic heterocycles. The van der Waals surface area contributed by atoms with Crippen LogP contribution in [0.5, 0.6) is 0 Å². The SMILES string of the molecule is COC(=O)c1occc1CNC1CC1NC(=O)OC(C)(C)C. The van der Waals surface area contributed by atoms with Crippen molar-refractivity contribution in [3.8, 4) is 0 Å². The molecule has 1 aromatic heterocycles. The van der Waals surface area contributed by atoms with Crippen molar-refractivity contribution in [1.82, 2.24) is 10.6 Å². The van der Waals surface area contributed by atoms with Gasteiger partial charge < -0.3 is 24.5 Å². The van der Waals surface area contributed by atoms with Gasteiger partial charge in [-0.2, -0.15) is 0 Å². The molecule has 1 amide bonds. The zero-order chi connectivity index (χ0) is 16.3. The number of alkyl carbamates (subject to hydrolysis) is 1. The minimum Gasteiger partial charge on any atom is -0.463 e. The van der Waals surface area contributed by atoms with E-state index in [1.54, 1.807) is 6.07 Å². The Hall–Kier alpha value is -2.02. The first-order valence-electron chi connectivity index (χ1n) is 7.17. The second kappa shape index (κ2) is 6.39. The monoisotopic (exact) mass is 310 g/mol. The standard InChI is InChI=1S/C15H22N2O5/c1-15(2,3)22-14(19)17-11-7-10(11)16-8-9-5-6-21-12(9)13(18)20-4/h5-6,10-11,16H,7-8H2,1-4H3,(H,17,19). The van der Waals surface area contributed by atoms with E-state index in [2.05, 4.69) is 15.4 Å². The topological polar surface area (TPSA) is 89.8 Å². The minimum absolute atomic E-state index is 0.0447. The Morgan fingerprint density at radius 1 is 1.36 bits per heavy atom. The van der Waals surface area contributed by atoms with Crippen molar-refractivity contribution in [3.05, 3.63) is 23.7 Å². The van der Waals surface area contributed by atoms with Crippen LogP contribution in [0, 0.1) is 0 Å². The Morgan fingerprint density at radius 3 is 2.73 bits per heavy atom. The highest BCUT2D eigenvalue weighted by atomic mass is 16.6. The quantitative estimate of drug-likeness (QED) is 0.806. The van der Waals surface area contributed by atoms with E-state index in [-0.39, 0.29) is 17.8 Å². The molecule has 1 aliphatic carbocycles. The van der Waals surface area contributed by atoms with Crippen LogP contribution in [0.4, 0.5) is 4.79 Å². The van der Waals surface area contributed by atoms with Crippen LogP contribution < -0.4 is 10.6 Å². The maximum absolute atomic E-state index is 11.6. The average molecular weight is 310 g/mol. The molecule has 2 rings (SSSR count). The van der Waals surface area contributed by atoms with E-state index in [1.165, 1.54) is 13.4 Å². The second-order valence-electron chi connectivity index (χ2n) is 6.24. The molecule has 0 bridgehead atoms. The molecule has 1 aromatic rings. The van der Waals surface area contributed by atoms with Crippen LogP contribution in [0.3, 0.4) is 0 Å². The lowest BCUT2D eigenvalue weighted by atomic mass is 10.2. The van der Waals surface area contributed by atoms with Crippen molar-refractivity contribution < 1.29 is 23.5 Å². The molecular formula is C15H22N2O5. The van der Waals surface area contributed by atoms with Gasteiger partial charge in [-0.25, -0.2) is 9.59 Å². The molecule has 22 heavy (non-hydrogen) atoms. The van der Waals surface area contributed by atoms with E-state index >= 15 is 0 Å². The van der Waals surface area contributed by atoms with Crippen LogP contribution >= 0.6 is 0 Å². The summed E-state index contributed by atoms with van der Waals surface area (Å²) in [5, 5.41) is 6.06. The van der Waals surface area contributed by atoms with Crippen LogP contribution in [-0.4, -0.2) is 36.9 Å². The molecule has 122 valence electrons. The number of ether oxygens (including phenoxy) is 2. The first-order chi connectivity index (χ1) is 10.3. The summed E-state index contributed by atoms with van der Waals surface area (Å²) in [5.74, 6) is -0.298. The Balaban J connectivity index is 1.75. The van der Waals surface area contributed by atoms with Crippen molar-refractivity contribution in [2.24, 2.45) is 0 Å². The van der Waals surface area contributed by atoms with Crippen LogP contribution in [-0.2, 0) is 16.0 Å². The largest absolute Gasteiger partial charge is 0.463 e. The number of rotatable bonds is 5. The molecule has 1 saturated carbocycles. The summed E-state index contributed by atoms with van der Waals surface area (Å²) in [4.78, 5) is 23.1. The van der Waals surface area contributed by atoms with Crippen LogP contribution in [0.2, 0.25) is 0 Å². The number of nitrogens with one attached hydrogen (secondary N) is 2. The number of amides is 1. The summed E-state index contributed by atoms with van der Waals surface area (Å²) in [7, 11) is 1.31. The van der Waals surface area contributed by atoms with E-state index in [9.17, 15) is 9.59 Å². The van der Waals surface area contributed by atoms with E-state index in [0.717, 1.165) is 12.0 Å². The fraction of sp³-hybridized carbons (Fsp3) is 0.600. The van der Waals surface area contributed by atoms with Crippen molar-refractivity contribution >= 4 is 12.1 Å². The summed E-state index contributed by atoms with van der Waals surface area (Å²) in [6.45, 7) is 5.94. The van der Waals surface area contributed by atoms with Gasteiger partial charge in [0.25, 0.3) is 0 Å². The van der Waals surface area contributed by atoms with Crippen molar-refractivity contribution in [1.29, 1.82) is 0 Å². The van der Waals surface area contributed by atoms with Gasteiger partial charge >= 0.3 is 12.1 Å². The van der Waals surface area contributed by atoms with Gasteiger partial charge in [-0.1, -0.05) is 0 Å². The lowest BCUT2D eigenvalue weighted by molar-refractivity contribution is 0.0520. The molecule has 0 spiro atoms. The van der Waals surface area contributed by atoms with Gasteiger partial charge in [-0.05, 0) is 33.3 Å². The van der Waals surface area contributed by atoms with Gasteiger partial charge in [0.05, 0.1) is 13.4 Å². The number of hydrogen-bond acceptors (Lipinski definition) is 6. The summed E-state index contributed by atoms with van der Waals surface area (Å²) in [6, 6.07) is 1.93. The average Bonchev–Trinajstić information content (AvgIpc) is 2.97. The number of methoxy groups -OCH3 is 1. The molecular weight excluding hydrogens is 288 g/mol. The Labute approximate surface area is 129 Å². The summed E-state index contributed by atoms with van der Waals surface area (Å²) < 4.78 is 15.0. The third-order valence-electron chi connectivity index (χ3n) is 3.16. The predicted octanol–water partition coefficient (Wildman–Crippen LogP) is 1.82. The van der Waals surface area contributed by atoms with Crippen molar-refractivity contribution in [2.75, 3.05) is 7.11 Å². The highest BCUT2D eigenvalue weighted by Gasteiger charge is 2.39. The lowest BCUT2D eigenvalue weighted by Crippen LogP contribution is -2.36.